The van der Waals surface area contributed by atoms with Gasteiger partial charge in [-0.3, -0.25) is 0 Å². The molecule has 84 valence electrons. The summed E-state index contributed by atoms with van der Waals surface area (Å²) < 4.78 is 10.8. The van der Waals surface area contributed by atoms with Gasteiger partial charge in [0, 0.05) is 23.8 Å². The minimum Gasteiger partial charge on any atom is -0.334 e. The third-order valence-electron chi connectivity index (χ3n) is 1.85. The monoisotopic (exact) mass is 248 g/mol. The van der Waals surface area contributed by atoms with E-state index >= 15 is 0 Å². The number of hydrogen-bond acceptors (Lipinski definition) is 2. The summed E-state index contributed by atoms with van der Waals surface area (Å²) in [4.78, 5) is 0. The summed E-state index contributed by atoms with van der Waals surface area (Å²) >= 11 is 12.0. The van der Waals surface area contributed by atoms with E-state index in [4.69, 9.17) is 32.7 Å². The smallest absolute Gasteiger partial charge is 0.276 e. The molecule has 4 heteroatoms. The lowest BCUT2D eigenvalue weighted by molar-refractivity contribution is -0.179. The lowest BCUT2D eigenvalue weighted by atomic mass is 10.2. The summed E-state index contributed by atoms with van der Waals surface area (Å²) in [5.41, 5.74) is 0.747. The molecule has 1 rings (SSSR count). The first kappa shape index (κ1) is 12.8. The molecule has 0 aliphatic heterocycles. The summed E-state index contributed by atoms with van der Waals surface area (Å²) in [6, 6.07) is 7.10. The Morgan fingerprint density at radius 1 is 1.07 bits per heavy atom. The Labute approximate surface area is 100 Å². The fourth-order valence-electron chi connectivity index (χ4n) is 1.23. The Kier molecular flexibility index (Phi) is 4.87. The number of halogens is 2. The zero-order valence-electron chi connectivity index (χ0n) is 8.80. The predicted octanol–water partition coefficient (Wildman–Crippen LogP) is 3.76. The summed E-state index contributed by atoms with van der Waals surface area (Å²) in [7, 11) is 0. The van der Waals surface area contributed by atoms with Crippen molar-refractivity contribution in [1.29, 1.82) is 0 Å². The van der Waals surface area contributed by atoms with E-state index in [1.54, 1.807) is 24.3 Å². The first-order valence-corrected chi connectivity index (χ1v) is 5.61. The molecule has 15 heavy (non-hydrogen) atoms. The van der Waals surface area contributed by atoms with Gasteiger partial charge in [0.15, 0.2) is 0 Å². The van der Waals surface area contributed by atoms with Gasteiger partial charge in [-0.1, -0.05) is 35.3 Å². The fraction of sp³-hybridized carbons (Fsp3) is 0.455. The first-order chi connectivity index (χ1) is 7.12. The molecule has 0 saturated carbocycles. The standard InChI is InChI=1S/C11H14Cl2O2/c1-3-14-11(13,15-4-2)9-5-7-10(12)8-6-9/h5-8H,3-4H2,1-2H3. The highest BCUT2D eigenvalue weighted by atomic mass is 35.5. The number of ether oxygens (including phenoxy) is 2. The highest BCUT2D eigenvalue weighted by molar-refractivity contribution is 6.30. The molecule has 0 aromatic heterocycles. The lowest BCUT2D eigenvalue weighted by Crippen LogP contribution is -2.26. The molecule has 0 saturated heterocycles. The molecule has 0 atom stereocenters. The molecule has 0 heterocycles. The SMILES string of the molecule is CCOC(Cl)(OCC)c1ccc(Cl)cc1. The molecule has 2 nitrogen and oxygen atoms in total. The Morgan fingerprint density at radius 2 is 1.53 bits per heavy atom. The zero-order chi connectivity index (χ0) is 11.3. The highest BCUT2D eigenvalue weighted by Crippen LogP contribution is 2.32. The second-order valence-electron chi connectivity index (χ2n) is 2.91. The van der Waals surface area contributed by atoms with E-state index in [2.05, 4.69) is 0 Å². The molecule has 0 bridgehead atoms. The van der Waals surface area contributed by atoms with E-state index in [1.165, 1.54) is 0 Å². The van der Waals surface area contributed by atoms with Crippen LogP contribution in [-0.2, 0) is 14.7 Å². The normalized spacial score (nSPS) is 11.7. The first-order valence-electron chi connectivity index (χ1n) is 4.85. The highest BCUT2D eigenvalue weighted by Gasteiger charge is 2.30. The molecular formula is C11H14Cl2O2. The maximum absolute atomic E-state index is 6.23. The molecule has 1 aromatic carbocycles. The second kappa shape index (κ2) is 5.71. The van der Waals surface area contributed by atoms with Gasteiger partial charge in [0.2, 0.25) is 0 Å². The van der Waals surface area contributed by atoms with Crippen LogP contribution in [0, 0.1) is 0 Å². The van der Waals surface area contributed by atoms with Crippen molar-refractivity contribution in [2.75, 3.05) is 13.2 Å². The van der Waals surface area contributed by atoms with E-state index in [9.17, 15) is 0 Å². The minimum atomic E-state index is -1.20. The molecule has 1 aromatic rings. The molecule has 0 amide bonds. The summed E-state index contributed by atoms with van der Waals surface area (Å²) in [5.74, 6) is 0. The van der Waals surface area contributed by atoms with Crippen LogP contribution in [0.1, 0.15) is 19.4 Å². The van der Waals surface area contributed by atoms with Crippen LogP contribution in [0.3, 0.4) is 0 Å². The van der Waals surface area contributed by atoms with Crippen LogP contribution in [0.5, 0.6) is 0 Å². The van der Waals surface area contributed by atoms with Gasteiger partial charge in [-0.2, -0.15) is 0 Å². The van der Waals surface area contributed by atoms with Crippen LogP contribution in [0.4, 0.5) is 0 Å². The topological polar surface area (TPSA) is 18.5 Å². The van der Waals surface area contributed by atoms with Crippen molar-refractivity contribution in [2.45, 2.75) is 19.1 Å². The molecule has 0 radical (unpaired) electrons. The quantitative estimate of drug-likeness (QED) is 0.584. The maximum atomic E-state index is 6.23. The molecule has 0 N–H and O–H groups in total. The minimum absolute atomic E-state index is 0.478. The van der Waals surface area contributed by atoms with Crippen LogP contribution in [0.2, 0.25) is 5.02 Å². The summed E-state index contributed by atoms with van der Waals surface area (Å²) in [5, 5.41) is -0.542. The number of hydrogen-bond donors (Lipinski definition) is 0. The third kappa shape index (κ3) is 3.35. The van der Waals surface area contributed by atoms with Crippen molar-refractivity contribution in [2.24, 2.45) is 0 Å². The molecule has 0 aliphatic carbocycles. The van der Waals surface area contributed by atoms with Gasteiger partial charge >= 0.3 is 0 Å². The molecule has 0 unspecified atom stereocenters. The van der Waals surface area contributed by atoms with Gasteiger partial charge in [-0.25, -0.2) is 0 Å². The van der Waals surface area contributed by atoms with Gasteiger partial charge in [0.1, 0.15) is 0 Å². The largest absolute Gasteiger partial charge is 0.334 e. The van der Waals surface area contributed by atoms with Crippen molar-refractivity contribution < 1.29 is 9.47 Å². The zero-order valence-corrected chi connectivity index (χ0v) is 10.3. The van der Waals surface area contributed by atoms with Crippen LogP contribution in [-0.4, -0.2) is 13.2 Å². The van der Waals surface area contributed by atoms with E-state index in [0.717, 1.165) is 5.56 Å². The van der Waals surface area contributed by atoms with Crippen LogP contribution >= 0.6 is 23.2 Å². The Morgan fingerprint density at radius 3 is 1.93 bits per heavy atom. The number of benzene rings is 1. The van der Waals surface area contributed by atoms with E-state index in [0.29, 0.717) is 18.2 Å². The van der Waals surface area contributed by atoms with Crippen molar-refractivity contribution in [3.8, 4) is 0 Å². The van der Waals surface area contributed by atoms with Crippen LogP contribution < -0.4 is 0 Å². The molecular weight excluding hydrogens is 235 g/mol. The van der Waals surface area contributed by atoms with E-state index in [1.807, 2.05) is 13.8 Å². The number of alkyl halides is 1. The van der Waals surface area contributed by atoms with E-state index in [-0.39, 0.29) is 0 Å². The Bertz CT molecular complexity index is 292. The molecule has 0 aliphatic rings. The van der Waals surface area contributed by atoms with Crippen molar-refractivity contribution in [3.05, 3.63) is 34.9 Å². The predicted molar refractivity (Wildman–Crippen MR) is 62.2 cm³/mol. The number of rotatable bonds is 5. The maximum Gasteiger partial charge on any atom is 0.276 e. The summed E-state index contributed by atoms with van der Waals surface area (Å²) in [6.07, 6.45) is 0. The van der Waals surface area contributed by atoms with Gasteiger partial charge < -0.3 is 9.47 Å². The van der Waals surface area contributed by atoms with Gasteiger partial charge in [-0.15, -0.1) is 0 Å². The van der Waals surface area contributed by atoms with Gasteiger partial charge in [-0.05, 0) is 26.0 Å². The lowest BCUT2D eigenvalue weighted by Gasteiger charge is -2.26. The third-order valence-corrected chi connectivity index (χ3v) is 2.54. The Balaban J connectivity index is 2.92. The van der Waals surface area contributed by atoms with Crippen molar-refractivity contribution in [3.63, 3.8) is 0 Å². The molecule has 0 fully saturated rings. The Hall–Kier alpha value is -0.280. The molecule has 0 spiro atoms. The van der Waals surface area contributed by atoms with E-state index < -0.39 is 5.25 Å². The average molecular weight is 249 g/mol. The average Bonchev–Trinajstić information content (AvgIpc) is 2.19. The van der Waals surface area contributed by atoms with Crippen molar-refractivity contribution >= 4 is 23.2 Å². The summed E-state index contributed by atoms with van der Waals surface area (Å²) in [6.45, 7) is 4.69. The van der Waals surface area contributed by atoms with Crippen LogP contribution in [0.15, 0.2) is 24.3 Å². The van der Waals surface area contributed by atoms with Crippen molar-refractivity contribution in [1.82, 2.24) is 0 Å². The fourth-order valence-corrected chi connectivity index (χ4v) is 1.70. The van der Waals surface area contributed by atoms with Gasteiger partial charge in [0.05, 0.1) is 0 Å². The van der Waals surface area contributed by atoms with Crippen LogP contribution in [0.25, 0.3) is 0 Å². The van der Waals surface area contributed by atoms with Gasteiger partial charge in [0.25, 0.3) is 5.25 Å². The second-order valence-corrected chi connectivity index (χ2v) is 3.84.